The quantitative estimate of drug-likeness (QED) is 0.793. The topological polar surface area (TPSA) is 53.1 Å². The molecule has 0 aliphatic carbocycles. The van der Waals surface area contributed by atoms with E-state index in [2.05, 4.69) is 5.10 Å². The Morgan fingerprint density at radius 2 is 2.21 bits per heavy atom. The van der Waals surface area contributed by atoms with E-state index in [1.807, 2.05) is 40.1 Å². The zero-order valence-electron chi connectivity index (χ0n) is 9.32. The Morgan fingerprint density at radius 1 is 1.57 bits per heavy atom. The second kappa shape index (κ2) is 4.11. The van der Waals surface area contributed by atoms with Crippen LogP contribution in [-0.2, 0) is 11.8 Å². The molecule has 1 atom stereocenters. The Morgan fingerprint density at radius 3 is 2.64 bits per heavy atom. The highest BCUT2D eigenvalue weighted by atomic mass is 16.5. The summed E-state index contributed by atoms with van der Waals surface area (Å²) in [7, 11) is 1.88. The molecular formula is C10H19N3O. The summed E-state index contributed by atoms with van der Waals surface area (Å²) in [5.74, 6) is 0. The molecule has 1 aromatic heterocycles. The van der Waals surface area contributed by atoms with E-state index in [1.54, 1.807) is 4.68 Å². The molecule has 4 heteroatoms. The predicted octanol–water partition coefficient (Wildman–Crippen LogP) is 1.24. The molecule has 0 aliphatic heterocycles. The molecule has 1 unspecified atom stereocenters. The van der Waals surface area contributed by atoms with Gasteiger partial charge in [-0.1, -0.05) is 0 Å². The highest BCUT2D eigenvalue weighted by Crippen LogP contribution is 2.12. The number of aromatic nitrogens is 2. The van der Waals surface area contributed by atoms with Crippen LogP contribution in [0.2, 0.25) is 0 Å². The smallest absolute Gasteiger partial charge is 0.0815 e. The predicted molar refractivity (Wildman–Crippen MR) is 55.8 cm³/mol. The largest absolute Gasteiger partial charge is 0.374 e. The van der Waals surface area contributed by atoms with E-state index in [0.29, 0.717) is 6.61 Å². The molecule has 0 spiro atoms. The van der Waals surface area contributed by atoms with Gasteiger partial charge in [0.15, 0.2) is 0 Å². The Labute approximate surface area is 85.0 Å². The minimum atomic E-state index is -0.146. The molecule has 80 valence electrons. The van der Waals surface area contributed by atoms with Crippen LogP contribution in [0.5, 0.6) is 0 Å². The number of rotatable bonds is 3. The van der Waals surface area contributed by atoms with Crippen LogP contribution in [0.4, 0.5) is 0 Å². The van der Waals surface area contributed by atoms with Crippen molar-refractivity contribution in [3.63, 3.8) is 0 Å². The molecule has 0 radical (unpaired) electrons. The van der Waals surface area contributed by atoms with Gasteiger partial charge in [0.2, 0.25) is 0 Å². The van der Waals surface area contributed by atoms with E-state index >= 15 is 0 Å². The molecule has 1 heterocycles. The number of hydrogen-bond acceptors (Lipinski definition) is 3. The first-order valence-corrected chi connectivity index (χ1v) is 4.77. The number of nitrogens with two attached hydrogens (primary N) is 1. The monoisotopic (exact) mass is 197 g/mol. The third kappa shape index (κ3) is 3.47. The molecule has 1 aromatic rings. The van der Waals surface area contributed by atoms with Gasteiger partial charge in [0.1, 0.15) is 0 Å². The van der Waals surface area contributed by atoms with Crippen molar-refractivity contribution in [1.29, 1.82) is 0 Å². The van der Waals surface area contributed by atoms with Crippen LogP contribution in [0.15, 0.2) is 12.3 Å². The molecule has 14 heavy (non-hydrogen) atoms. The zero-order chi connectivity index (χ0) is 10.8. The third-order valence-electron chi connectivity index (χ3n) is 1.81. The standard InChI is InChI=1S/C10H19N3O/c1-10(2,3)14-7-8(11)9-5-6-13(4)12-9/h5-6,8H,7,11H2,1-4H3. The summed E-state index contributed by atoms with van der Waals surface area (Å²) >= 11 is 0. The van der Waals surface area contributed by atoms with Crippen LogP contribution in [0.25, 0.3) is 0 Å². The third-order valence-corrected chi connectivity index (χ3v) is 1.81. The van der Waals surface area contributed by atoms with E-state index in [4.69, 9.17) is 10.5 Å². The number of aryl methyl sites for hydroxylation is 1. The molecule has 0 saturated carbocycles. The van der Waals surface area contributed by atoms with Crippen molar-refractivity contribution >= 4 is 0 Å². The number of hydrogen-bond donors (Lipinski definition) is 1. The molecule has 0 aromatic carbocycles. The Balaban J connectivity index is 2.47. The first-order valence-electron chi connectivity index (χ1n) is 4.77. The lowest BCUT2D eigenvalue weighted by atomic mass is 10.2. The van der Waals surface area contributed by atoms with Crippen LogP contribution in [0.1, 0.15) is 32.5 Å². The molecular weight excluding hydrogens is 178 g/mol. The molecule has 0 saturated heterocycles. The van der Waals surface area contributed by atoms with E-state index in [-0.39, 0.29) is 11.6 Å². The summed E-state index contributed by atoms with van der Waals surface area (Å²) in [6.07, 6.45) is 1.88. The van der Waals surface area contributed by atoms with Crippen molar-refractivity contribution in [1.82, 2.24) is 9.78 Å². The fourth-order valence-electron chi connectivity index (χ4n) is 1.06. The van der Waals surface area contributed by atoms with Crippen molar-refractivity contribution in [2.45, 2.75) is 32.4 Å². The van der Waals surface area contributed by atoms with Crippen LogP contribution >= 0.6 is 0 Å². The molecule has 1 rings (SSSR count). The van der Waals surface area contributed by atoms with Gasteiger partial charge in [-0.3, -0.25) is 4.68 Å². The Bertz CT molecular complexity index is 288. The first kappa shape index (κ1) is 11.2. The minimum Gasteiger partial charge on any atom is -0.374 e. The molecule has 4 nitrogen and oxygen atoms in total. The van der Waals surface area contributed by atoms with Gasteiger partial charge in [-0.25, -0.2) is 0 Å². The number of ether oxygens (including phenoxy) is 1. The highest BCUT2D eigenvalue weighted by molar-refractivity contribution is 5.04. The van der Waals surface area contributed by atoms with Crippen molar-refractivity contribution in [2.75, 3.05) is 6.61 Å². The summed E-state index contributed by atoms with van der Waals surface area (Å²) in [5.41, 5.74) is 6.64. The van der Waals surface area contributed by atoms with Gasteiger partial charge in [-0.2, -0.15) is 5.10 Å². The van der Waals surface area contributed by atoms with Gasteiger partial charge in [0.05, 0.1) is 23.9 Å². The zero-order valence-corrected chi connectivity index (χ0v) is 9.32. The van der Waals surface area contributed by atoms with Crippen LogP contribution in [0, 0.1) is 0 Å². The van der Waals surface area contributed by atoms with Gasteiger partial charge in [0.25, 0.3) is 0 Å². The Kier molecular flexibility index (Phi) is 3.29. The van der Waals surface area contributed by atoms with Crippen molar-refractivity contribution in [3.8, 4) is 0 Å². The van der Waals surface area contributed by atoms with E-state index in [9.17, 15) is 0 Å². The summed E-state index contributed by atoms with van der Waals surface area (Å²) in [6, 6.07) is 1.77. The molecule has 2 N–H and O–H groups in total. The molecule has 0 aliphatic rings. The number of nitrogens with zero attached hydrogens (tertiary/aromatic N) is 2. The maximum absolute atomic E-state index is 5.91. The summed E-state index contributed by atoms with van der Waals surface area (Å²) in [4.78, 5) is 0. The highest BCUT2D eigenvalue weighted by Gasteiger charge is 2.15. The second-order valence-corrected chi connectivity index (χ2v) is 4.44. The first-order chi connectivity index (χ1) is 6.38. The van der Waals surface area contributed by atoms with Crippen LogP contribution in [0.3, 0.4) is 0 Å². The lowest BCUT2D eigenvalue weighted by Crippen LogP contribution is -2.26. The molecule has 0 bridgehead atoms. The fraction of sp³-hybridized carbons (Fsp3) is 0.700. The maximum atomic E-state index is 5.91. The lowest BCUT2D eigenvalue weighted by Gasteiger charge is -2.21. The lowest BCUT2D eigenvalue weighted by molar-refractivity contribution is -0.0107. The summed E-state index contributed by atoms with van der Waals surface area (Å²) < 4.78 is 7.32. The van der Waals surface area contributed by atoms with Crippen LogP contribution in [-0.4, -0.2) is 22.0 Å². The average Bonchev–Trinajstić information content (AvgIpc) is 2.46. The second-order valence-electron chi connectivity index (χ2n) is 4.44. The molecule has 0 fully saturated rings. The Hall–Kier alpha value is -0.870. The summed E-state index contributed by atoms with van der Waals surface area (Å²) in [5, 5.41) is 4.22. The van der Waals surface area contributed by atoms with Gasteiger partial charge in [-0.05, 0) is 26.8 Å². The van der Waals surface area contributed by atoms with E-state index in [1.165, 1.54) is 0 Å². The maximum Gasteiger partial charge on any atom is 0.0815 e. The van der Waals surface area contributed by atoms with Gasteiger partial charge < -0.3 is 10.5 Å². The van der Waals surface area contributed by atoms with Crippen molar-refractivity contribution in [2.24, 2.45) is 12.8 Å². The van der Waals surface area contributed by atoms with E-state index in [0.717, 1.165) is 5.69 Å². The minimum absolute atomic E-state index is 0.143. The summed E-state index contributed by atoms with van der Waals surface area (Å²) in [6.45, 7) is 6.54. The van der Waals surface area contributed by atoms with Crippen molar-refractivity contribution < 1.29 is 4.74 Å². The van der Waals surface area contributed by atoms with Crippen molar-refractivity contribution in [3.05, 3.63) is 18.0 Å². The van der Waals surface area contributed by atoms with Gasteiger partial charge >= 0.3 is 0 Å². The molecule has 0 amide bonds. The van der Waals surface area contributed by atoms with Crippen LogP contribution < -0.4 is 5.73 Å². The normalized spacial score (nSPS) is 14.4. The average molecular weight is 197 g/mol. The fourth-order valence-corrected chi connectivity index (χ4v) is 1.06. The van der Waals surface area contributed by atoms with Gasteiger partial charge in [0, 0.05) is 13.2 Å². The van der Waals surface area contributed by atoms with E-state index < -0.39 is 0 Å². The van der Waals surface area contributed by atoms with Gasteiger partial charge in [-0.15, -0.1) is 0 Å². The SMILES string of the molecule is Cn1ccc(C(N)COC(C)(C)C)n1.